The molecule has 0 spiro atoms. The largest absolute Gasteiger partial charge is 0.335 e. The van der Waals surface area contributed by atoms with Crippen molar-refractivity contribution in [3.05, 3.63) is 39.9 Å². The van der Waals surface area contributed by atoms with Crippen LogP contribution in [0, 0.1) is 5.82 Å². The van der Waals surface area contributed by atoms with E-state index >= 15 is 0 Å². The Balaban J connectivity index is 2.08. The summed E-state index contributed by atoms with van der Waals surface area (Å²) in [6.07, 6.45) is 0. The van der Waals surface area contributed by atoms with E-state index in [2.05, 4.69) is 10.00 Å². The van der Waals surface area contributed by atoms with E-state index in [9.17, 15) is 14.0 Å². The van der Waals surface area contributed by atoms with Gasteiger partial charge in [-0.05, 0) is 32.2 Å². The molecule has 122 valence electrons. The van der Waals surface area contributed by atoms with Gasteiger partial charge in [-0.2, -0.15) is 5.10 Å². The molecule has 1 aliphatic heterocycles. The van der Waals surface area contributed by atoms with E-state index in [-0.39, 0.29) is 17.0 Å². The van der Waals surface area contributed by atoms with Gasteiger partial charge in [-0.3, -0.25) is 14.3 Å². The van der Waals surface area contributed by atoms with Crippen molar-refractivity contribution in [1.82, 2.24) is 19.6 Å². The first-order valence-electron chi connectivity index (χ1n) is 7.69. The first kappa shape index (κ1) is 15.6. The highest BCUT2D eigenvalue weighted by Gasteiger charge is 2.25. The van der Waals surface area contributed by atoms with Gasteiger partial charge in [-0.1, -0.05) is 0 Å². The first-order chi connectivity index (χ1) is 11.0. The number of aromatic nitrogens is 2. The number of benzene rings is 1. The van der Waals surface area contributed by atoms with Gasteiger partial charge in [0.15, 0.2) is 5.69 Å². The maximum absolute atomic E-state index is 13.5. The van der Waals surface area contributed by atoms with E-state index in [0.29, 0.717) is 25.2 Å². The molecule has 0 aliphatic carbocycles. The normalized spacial score (nSPS) is 16.0. The number of carbonyl (C=O) groups excluding carboxylic acids is 1. The lowest BCUT2D eigenvalue weighted by Gasteiger charge is -2.32. The fourth-order valence-corrected chi connectivity index (χ4v) is 2.80. The summed E-state index contributed by atoms with van der Waals surface area (Å²) in [5, 5.41) is 4.41. The zero-order valence-corrected chi connectivity index (χ0v) is 13.3. The molecule has 1 saturated heterocycles. The van der Waals surface area contributed by atoms with Crippen molar-refractivity contribution in [2.75, 3.05) is 33.2 Å². The van der Waals surface area contributed by atoms with Crippen LogP contribution >= 0.6 is 0 Å². The summed E-state index contributed by atoms with van der Waals surface area (Å²) >= 11 is 0. The number of rotatable bonds is 2. The van der Waals surface area contributed by atoms with E-state index < -0.39 is 11.2 Å². The van der Waals surface area contributed by atoms with Crippen molar-refractivity contribution in [1.29, 1.82) is 0 Å². The number of fused-ring (bicyclic) bond motifs is 1. The van der Waals surface area contributed by atoms with Gasteiger partial charge < -0.3 is 9.80 Å². The standard InChI is InChI=1S/C16H19FN4O2/c1-3-21-13-5-4-11(17)10-12(13)15(22)14(18-21)16(23)20-8-6-19(2)7-9-20/h4-5,10H,3,6-9H2,1-2H3. The molecule has 0 radical (unpaired) electrons. The molecule has 7 heteroatoms. The summed E-state index contributed by atoms with van der Waals surface area (Å²) in [5.41, 5.74) is -0.101. The molecule has 1 aliphatic rings. The second kappa shape index (κ2) is 6.08. The summed E-state index contributed by atoms with van der Waals surface area (Å²) in [5.74, 6) is -0.877. The molecule has 0 unspecified atom stereocenters. The van der Waals surface area contributed by atoms with E-state index in [1.165, 1.54) is 18.2 Å². The lowest BCUT2D eigenvalue weighted by Crippen LogP contribution is -2.48. The zero-order chi connectivity index (χ0) is 16.6. The van der Waals surface area contributed by atoms with Gasteiger partial charge in [-0.25, -0.2) is 4.39 Å². The molecule has 1 fully saturated rings. The molecule has 0 saturated carbocycles. The van der Waals surface area contributed by atoms with E-state index in [1.54, 1.807) is 9.58 Å². The van der Waals surface area contributed by atoms with Gasteiger partial charge in [0.05, 0.1) is 10.9 Å². The van der Waals surface area contributed by atoms with Crippen LogP contribution in [0.1, 0.15) is 17.4 Å². The Labute approximate surface area is 133 Å². The molecule has 2 aromatic rings. The Bertz CT molecular complexity index is 810. The van der Waals surface area contributed by atoms with Crippen molar-refractivity contribution in [2.24, 2.45) is 0 Å². The maximum Gasteiger partial charge on any atom is 0.278 e. The topological polar surface area (TPSA) is 58.4 Å². The number of piperazine rings is 1. The molecule has 0 atom stereocenters. The first-order valence-corrected chi connectivity index (χ1v) is 7.69. The van der Waals surface area contributed by atoms with E-state index in [0.717, 1.165) is 13.1 Å². The van der Waals surface area contributed by atoms with Crippen molar-refractivity contribution in [2.45, 2.75) is 13.5 Å². The van der Waals surface area contributed by atoms with Gasteiger partial charge in [0.1, 0.15) is 5.82 Å². The van der Waals surface area contributed by atoms with E-state index in [4.69, 9.17) is 0 Å². The van der Waals surface area contributed by atoms with Crippen molar-refractivity contribution in [3.8, 4) is 0 Å². The van der Waals surface area contributed by atoms with Crippen LogP contribution in [-0.2, 0) is 6.54 Å². The predicted molar refractivity (Wildman–Crippen MR) is 85.0 cm³/mol. The number of aryl methyl sites for hydroxylation is 1. The fourth-order valence-electron chi connectivity index (χ4n) is 2.80. The number of hydrogen-bond acceptors (Lipinski definition) is 4. The highest BCUT2D eigenvalue weighted by atomic mass is 19.1. The van der Waals surface area contributed by atoms with Crippen LogP contribution in [0.5, 0.6) is 0 Å². The van der Waals surface area contributed by atoms with E-state index in [1.807, 2.05) is 14.0 Å². The minimum absolute atomic E-state index is 0.130. The van der Waals surface area contributed by atoms with Crippen LogP contribution in [-0.4, -0.2) is 58.7 Å². The lowest BCUT2D eigenvalue weighted by molar-refractivity contribution is 0.0654. The molecule has 0 bridgehead atoms. The molecule has 1 aromatic heterocycles. The molecule has 6 nitrogen and oxygen atoms in total. The number of likely N-dealkylation sites (N-methyl/N-ethyl adjacent to an activating group) is 1. The predicted octanol–water partition coefficient (Wildman–Crippen LogP) is 0.943. The Morgan fingerprint density at radius 1 is 1.26 bits per heavy atom. The summed E-state index contributed by atoms with van der Waals surface area (Å²) in [6, 6.07) is 3.98. The SMILES string of the molecule is CCn1nc(C(=O)N2CCN(C)CC2)c(=O)c2cc(F)ccc21. The highest BCUT2D eigenvalue weighted by Crippen LogP contribution is 2.13. The van der Waals surface area contributed by atoms with Crippen LogP contribution in [0.15, 0.2) is 23.0 Å². The van der Waals surface area contributed by atoms with Gasteiger partial charge in [0.25, 0.3) is 5.91 Å². The molecule has 1 amide bonds. The fraction of sp³-hybridized carbons (Fsp3) is 0.438. The highest BCUT2D eigenvalue weighted by molar-refractivity contribution is 5.95. The third kappa shape index (κ3) is 2.84. The van der Waals surface area contributed by atoms with Crippen LogP contribution in [0.4, 0.5) is 4.39 Å². The Hall–Kier alpha value is -2.28. The second-order valence-electron chi connectivity index (χ2n) is 5.75. The number of carbonyl (C=O) groups is 1. The monoisotopic (exact) mass is 318 g/mol. The molecule has 23 heavy (non-hydrogen) atoms. The molecule has 0 N–H and O–H groups in total. The summed E-state index contributed by atoms with van der Waals surface area (Å²) in [7, 11) is 1.99. The van der Waals surface area contributed by atoms with Gasteiger partial charge in [-0.15, -0.1) is 0 Å². The molecule has 2 heterocycles. The van der Waals surface area contributed by atoms with Crippen molar-refractivity contribution >= 4 is 16.8 Å². The minimum atomic E-state index is -0.506. The quantitative estimate of drug-likeness (QED) is 0.827. The van der Waals surface area contributed by atoms with Crippen LogP contribution in [0.2, 0.25) is 0 Å². The minimum Gasteiger partial charge on any atom is -0.335 e. The van der Waals surface area contributed by atoms with Gasteiger partial charge in [0.2, 0.25) is 5.43 Å². The average molecular weight is 318 g/mol. The average Bonchev–Trinajstić information content (AvgIpc) is 2.56. The Kier molecular flexibility index (Phi) is 4.12. The maximum atomic E-state index is 13.5. The Morgan fingerprint density at radius 2 is 1.96 bits per heavy atom. The van der Waals surface area contributed by atoms with Gasteiger partial charge in [0, 0.05) is 32.7 Å². The molecular weight excluding hydrogens is 299 g/mol. The van der Waals surface area contributed by atoms with Crippen LogP contribution in [0.25, 0.3) is 10.9 Å². The molecular formula is C16H19FN4O2. The third-order valence-electron chi connectivity index (χ3n) is 4.21. The number of halogens is 1. The molecule has 1 aromatic carbocycles. The number of hydrogen-bond donors (Lipinski definition) is 0. The Morgan fingerprint density at radius 3 is 2.61 bits per heavy atom. The van der Waals surface area contributed by atoms with Gasteiger partial charge >= 0.3 is 0 Å². The zero-order valence-electron chi connectivity index (χ0n) is 13.3. The van der Waals surface area contributed by atoms with Crippen LogP contribution in [0.3, 0.4) is 0 Å². The summed E-state index contributed by atoms with van der Waals surface area (Å²) < 4.78 is 15.1. The summed E-state index contributed by atoms with van der Waals surface area (Å²) in [4.78, 5) is 29.0. The van der Waals surface area contributed by atoms with Crippen LogP contribution < -0.4 is 5.43 Å². The van der Waals surface area contributed by atoms with Crippen molar-refractivity contribution in [3.63, 3.8) is 0 Å². The molecule has 3 rings (SSSR count). The third-order valence-corrected chi connectivity index (χ3v) is 4.21. The second-order valence-corrected chi connectivity index (χ2v) is 5.75. The smallest absolute Gasteiger partial charge is 0.278 e. The lowest BCUT2D eigenvalue weighted by atomic mass is 10.1. The van der Waals surface area contributed by atoms with Crippen molar-refractivity contribution < 1.29 is 9.18 Å². The summed E-state index contributed by atoms with van der Waals surface area (Å²) in [6.45, 7) is 5.00. The number of nitrogens with zero attached hydrogens (tertiary/aromatic N) is 4. The number of amides is 1.